The number of furan rings is 1. The van der Waals surface area contributed by atoms with Crippen LogP contribution in [-0.2, 0) is 4.74 Å². The van der Waals surface area contributed by atoms with Crippen LogP contribution in [0.3, 0.4) is 0 Å². The van der Waals surface area contributed by atoms with E-state index in [-0.39, 0.29) is 35.2 Å². The van der Waals surface area contributed by atoms with Crippen LogP contribution in [0.15, 0.2) is 4.42 Å². The van der Waals surface area contributed by atoms with Gasteiger partial charge < -0.3 is 14.9 Å². The molecule has 0 aliphatic carbocycles. The Morgan fingerprint density at radius 1 is 1.30 bits per heavy atom. The first kappa shape index (κ1) is 15.7. The van der Waals surface area contributed by atoms with Crippen LogP contribution < -0.4 is 11.1 Å². The van der Waals surface area contributed by atoms with Gasteiger partial charge in [-0.25, -0.2) is 4.79 Å². The number of hydrogen-bond donors (Lipinski definition) is 2. The van der Waals surface area contributed by atoms with Crippen molar-refractivity contribution in [1.82, 2.24) is 0 Å². The number of unbranched alkanes of at least 4 members (excludes halogenated alkanes) is 1. The van der Waals surface area contributed by atoms with Gasteiger partial charge in [0.1, 0.15) is 11.3 Å². The molecule has 110 valence electrons. The van der Waals surface area contributed by atoms with Gasteiger partial charge in [-0.05, 0) is 20.3 Å². The number of aryl methyl sites for hydroxylation is 1. The Morgan fingerprint density at radius 3 is 2.45 bits per heavy atom. The van der Waals surface area contributed by atoms with Crippen LogP contribution in [0.2, 0.25) is 0 Å². The van der Waals surface area contributed by atoms with Crippen LogP contribution in [0.1, 0.15) is 53.2 Å². The van der Waals surface area contributed by atoms with Crippen LogP contribution in [0.4, 0.5) is 10.7 Å². The number of carbonyl (C=O) groups excluding carboxylic acids is 3. The highest BCUT2D eigenvalue weighted by molar-refractivity contribution is 6.11. The normalized spacial score (nSPS) is 10.2. The highest BCUT2D eigenvalue weighted by Gasteiger charge is 2.26. The lowest BCUT2D eigenvalue weighted by Gasteiger charge is -2.05. The zero-order valence-electron chi connectivity index (χ0n) is 11.7. The van der Waals surface area contributed by atoms with E-state index < -0.39 is 12.0 Å². The SMILES string of the molecule is CCCCOC(=O)Nc1oc(C)c(C(C)=O)c1C(N)=O. The Morgan fingerprint density at radius 2 is 1.95 bits per heavy atom. The number of rotatable bonds is 6. The molecule has 0 aliphatic rings. The quantitative estimate of drug-likeness (QED) is 0.613. The smallest absolute Gasteiger partial charge is 0.413 e. The van der Waals surface area contributed by atoms with Gasteiger partial charge in [0, 0.05) is 0 Å². The summed E-state index contributed by atoms with van der Waals surface area (Å²) in [4.78, 5) is 34.4. The third-order valence-electron chi connectivity index (χ3n) is 2.63. The monoisotopic (exact) mass is 282 g/mol. The summed E-state index contributed by atoms with van der Waals surface area (Å²) in [7, 11) is 0. The van der Waals surface area contributed by atoms with Crippen LogP contribution >= 0.6 is 0 Å². The van der Waals surface area contributed by atoms with E-state index in [1.165, 1.54) is 13.8 Å². The molecule has 7 nitrogen and oxygen atoms in total. The number of nitrogens with one attached hydrogen (secondary N) is 1. The lowest BCUT2D eigenvalue weighted by Crippen LogP contribution is -2.19. The predicted molar refractivity (Wildman–Crippen MR) is 71.8 cm³/mol. The molecule has 2 amide bonds. The molecular formula is C13H18N2O5. The predicted octanol–water partition coefficient (Wildman–Crippen LogP) is 2.24. The van der Waals surface area contributed by atoms with Gasteiger partial charge in [0.2, 0.25) is 5.88 Å². The molecule has 3 N–H and O–H groups in total. The molecule has 1 heterocycles. The van der Waals surface area contributed by atoms with Gasteiger partial charge in [0.05, 0.1) is 12.2 Å². The molecule has 0 unspecified atom stereocenters. The van der Waals surface area contributed by atoms with Gasteiger partial charge in [-0.3, -0.25) is 14.9 Å². The number of ketones is 1. The second kappa shape index (κ2) is 6.74. The van der Waals surface area contributed by atoms with Crippen LogP contribution in [0.25, 0.3) is 0 Å². The molecule has 1 aromatic heterocycles. The van der Waals surface area contributed by atoms with E-state index in [0.29, 0.717) is 0 Å². The molecule has 1 rings (SSSR count). The molecule has 0 bridgehead atoms. The molecule has 0 atom stereocenters. The van der Waals surface area contributed by atoms with Gasteiger partial charge in [-0.15, -0.1) is 0 Å². The van der Waals surface area contributed by atoms with E-state index in [1.54, 1.807) is 0 Å². The van der Waals surface area contributed by atoms with Gasteiger partial charge in [-0.2, -0.15) is 0 Å². The first-order valence-corrected chi connectivity index (χ1v) is 6.26. The van der Waals surface area contributed by atoms with Crippen molar-refractivity contribution in [2.75, 3.05) is 11.9 Å². The second-order valence-electron chi connectivity index (χ2n) is 4.27. The van der Waals surface area contributed by atoms with Crippen molar-refractivity contribution in [1.29, 1.82) is 0 Å². The molecule has 7 heteroatoms. The van der Waals surface area contributed by atoms with Crippen molar-refractivity contribution in [2.45, 2.75) is 33.6 Å². The average molecular weight is 282 g/mol. The highest BCUT2D eigenvalue weighted by Crippen LogP contribution is 2.27. The molecule has 0 spiro atoms. The van der Waals surface area contributed by atoms with Crippen molar-refractivity contribution in [3.8, 4) is 0 Å². The summed E-state index contributed by atoms with van der Waals surface area (Å²) in [5.74, 6) is -1.17. The molecule has 0 saturated carbocycles. The number of ether oxygens (including phenoxy) is 1. The van der Waals surface area contributed by atoms with E-state index in [0.717, 1.165) is 12.8 Å². The standard InChI is InChI=1S/C13H18N2O5/c1-4-5-6-19-13(18)15-12-10(11(14)17)9(7(2)16)8(3)20-12/h4-6H2,1-3H3,(H2,14,17)(H,15,18). The average Bonchev–Trinajstić information content (AvgIpc) is 2.66. The number of nitrogens with two attached hydrogens (primary N) is 1. The maximum atomic E-state index is 11.5. The Kier molecular flexibility index (Phi) is 5.31. The summed E-state index contributed by atoms with van der Waals surface area (Å²) >= 11 is 0. The molecule has 0 radical (unpaired) electrons. The number of carbonyl (C=O) groups is 3. The van der Waals surface area contributed by atoms with Crippen molar-refractivity contribution < 1.29 is 23.5 Å². The van der Waals surface area contributed by atoms with Crippen LogP contribution in [0.5, 0.6) is 0 Å². The minimum absolute atomic E-state index is 0.0707. The number of anilines is 1. The Hall–Kier alpha value is -2.31. The molecule has 0 aliphatic heterocycles. The summed E-state index contributed by atoms with van der Waals surface area (Å²) in [6.45, 7) is 5.01. The molecule has 1 aromatic rings. The zero-order valence-corrected chi connectivity index (χ0v) is 11.7. The van der Waals surface area contributed by atoms with Crippen LogP contribution in [-0.4, -0.2) is 24.4 Å². The highest BCUT2D eigenvalue weighted by atomic mass is 16.5. The molecule has 0 fully saturated rings. The Bertz CT molecular complexity index is 533. The number of hydrogen-bond acceptors (Lipinski definition) is 5. The van der Waals surface area contributed by atoms with Crippen molar-refractivity contribution in [2.24, 2.45) is 5.73 Å². The van der Waals surface area contributed by atoms with E-state index in [2.05, 4.69) is 5.32 Å². The Labute approximate surface area is 116 Å². The first-order valence-electron chi connectivity index (χ1n) is 6.26. The van der Waals surface area contributed by atoms with E-state index in [4.69, 9.17) is 14.9 Å². The van der Waals surface area contributed by atoms with Crippen LogP contribution in [0, 0.1) is 6.92 Å². The summed E-state index contributed by atoms with van der Waals surface area (Å²) in [5, 5.41) is 2.29. The third kappa shape index (κ3) is 3.59. The zero-order chi connectivity index (χ0) is 15.3. The van der Waals surface area contributed by atoms with E-state index in [9.17, 15) is 14.4 Å². The molecule has 20 heavy (non-hydrogen) atoms. The van der Waals surface area contributed by atoms with E-state index in [1.807, 2.05) is 6.92 Å². The fraction of sp³-hybridized carbons (Fsp3) is 0.462. The van der Waals surface area contributed by atoms with Gasteiger partial charge >= 0.3 is 6.09 Å². The lowest BCUT2D eigenvalue weighted by molar-refractivity contribution is 0.0974. The van der Waals surface area contributed by atoms with Crippen molar-refractivity contribution in [3.63, 3.8) is 0 Å². The second-order valence-corrected chi connectivity index (χ2v) is 4.27. The molecule has 0 saturated heterocycles. The summed E-state index contributed by atoms with van der Waals surface area (Å²) < 4.78 is 10.1. The topological polar surface area (TPSA) is 112 Å². The maximum Gasteiger partial charge on any atom is 0.413 e. The Balaban J connectivity index is 2.95. The van der Waals surface area contributed by atoms with E-state index >= 15 is 0 Å². The number of Topliss-reactive ketones (excluding diaryl/α,β-unsaturated/α-hetero) is 1. The first-order chi connectivity index (χ1) is 9.38. The molecule has 0 aromatic carbocycles. The maximum absolute atomic E-state index is 11.5. The molecular weight excluding hydrogens is 264 g/mol. The minimum atomic E-state index is -0.851. The third-order valence-corrected chi connectivity index (χ3v) is 2.63. The summed E-state index contributed by atoms with van der Waals surface area (Å²) in [5.41, 5.74) is 5.15. The van der Waals surface area contributed by atoms with Gasteiger partial charge in [0.25, 0.3) is 5.91 Å². The fourth-order valence-corrected chi connectivity index (χ4v) is 1.73. The van der Waals surface area contributed by atoms with Gasteiger partial charge in [0.15, 0.2) is 5.78 Å². The summed E-state index contributed by atoms with van der Waals surface area (Å²) in [6.07, 6.45) is 0.852. The largest absolute Gasteiger partial charge is 0.449 e. The lowest BCUT2D eigenvalue weighted by atomic mass is 10.1. The minimum Gasteiger partial charge on any atom is -0.449 e. The summed E-state index contributed by atoms with van der Waals surface area (Å²) in [6, 6.07) is 0. The van der Waals surface area contributed by atoms with Crippen molar-refractivity contribution in [3.05, 3.63) is 16.9 Å². The fourth-order valence-electron chi connectivity index (χ4n) is 1.73. The number of amides is 2. The number of primary amides is 1. The van der Waals surface area contributed by atoms with Crippen molar-refractivity contribution >= 4 is 23.7 Å². The van der Waals surface area contributed by atoms with Gasteiger partial charge in [-0.1, -0.05) is 13.3 Å².